The molecule has 0 fully saturated rings. The Hall–Kier alpha value is -3.00. The summed E-state index contributed by atoms with van der Waals surface area (Å²) >= 11 is 0. The summed E-state index contributed by atoms with van der Waals surface area (Å²) in [5.41, 5.74) is 2.39. The number of nitrogens with zero attached hydrogens (tertiary/aromatic N) is 2. The fraction of sp³-hybridized carbons (Fsp3) is 0.125. The Morgan fingerprint density at radius 2 is 1.76 bits per heavy atom. The van der Waals surface area contributed by atoms with Gasteiger partial charge in [0.25, 0.3) is 0 Å². The second-order valence-corrected chi connectivity index (χ2v) is 4.20. The minimum absolute atomic E-state index is 0.434. The quantitative estimate of drug-likeness (QED) is 0.525. The van der Waals surface area contributed by atoms with Crippen molar-refractivity contribution >= 4 is 11.3 Å². The highest BCUT2D eigenvalue weighted by atomic mass is 16.5. The van der Waals surface area contributed by atoms with Crippen LogP contribution in [0.4, 0.5) is 0 Å². The number of oxime groups is 1. The zero-order chi connectivity index (χ0) is 15.2. The van der Waals surface area contributed by atoms with E-state index >= 15 is 0 Å². The molecule has 0 spiro atoms. The number of hydrogen-bond donors (Lipinski definition) is 1. The molecule has 106 valence electrons. The number of hydrogen-bond acceptors (Lipinski definition) is 5. The van der Waals surface area contributed by atoms with E-state index in [1.165, 1.54) is 0 Å². The van der Waals surface area contributed by atoms with Gasteiger partial charge in [0.2, 0.25) is 0 Å². The first-order valence-electron chi connectivity index (χ1n) is 6.18. The van der Waals surface area contributed by atoms with Crippen LogP contribution in [0.1, 0.15) is 5.56 Å². The van der Waals surface area contributed by atoms with Crippen molar-refractivity contribution in [1.29, 1.82) is 5.26 Å². The number of allylic oxidation sites excluding steroid dienone is 6. The standard InChI is InChI=1S/C16H14N2O3/c1-20-15-8-5-12(9-16(15)21-2)14(10-17)11-3-6-13(18-19)7-4-11/h3-9,19H,1-2H3. The Morgan fingerprint density at radius 1 is 1.10 bits per heavy atom. The highest BCUT2D eigenvalue weighted by Crippen LogP contribution is 2.32. The van der Waals surface area contributed by atoms with Gasteiger partial charge in [-0.05, 0) is 41.5 Å². The zero-order valence-corrected chi connectivity index (χ0v) is 11.7. The van der Waals surface area contributed by atoms with Gasteiger partial charge in [-0.1, -0.05) is 17.3 Å². The molecule has 0 saturated carbocycles. The molecule has 0 atom stereocenters. The molecule has 21 heavy (non-hydrogen) atoms. The Labute approximate surface area is 122 Å². The van der Waals surface area contributed by atoms with Crippen LogP contribution >= 0.6 is 0 Å². The highest BCUT2D eigenvalue weighted by Gasteiger charge is 2.11. The van der Waals surface area contributed by atoms with Crippen molar-refractivity contribution in [2.75, 3.05) is 14.2 Å². The van der Waals surface area contributed by atoms with Gasteiger partial charge in [-0.2, -0.15) is 5.26 Å². The van der Waals surface area contributed by atoms with Crippen LogP contribution in [-0.4, -0.2) is 25.1 Å². The van der Waals surface area contributed by atoms with E-state index in [0.29, 0.717) is 22.8 Å². The van der Waals surface area contributed by atoms with E-state index < -0.39 is 0 Å². The van der Waals surface area contributed by atoms with Crippen LogP contribution < -0.4 is 9.47 Å². The number of benzene rings is 1. The molecule has 0 bridgehead atoms. The molecule has 0 heterocycles. The SMILES string of the molecule is COc1ccc(C(C#N)=C2C=CC(=NO)C=C2)cc1OC. The monoisotopic (exact) mass is 282 g/mol. The lowest BCUT2D eigenvalue weighted by Gasteiger charge is -2.11. The third-order valence-corrected chi connectivity index (χ3v) is 3.06. The molecule has 1 aromatic carbocycles. The predicted octanol–water partition coefficient (Wildman–Crippen LogP) is 2.94. The molecule has 2 rings (SSSR count). The van der Waals surface area contributed by atoms with E-state index in [-0.39, 0.29) is 0 Å². The van der Waals surface area contributed by atoms with Crippen molar-refractivity contribution in [2.45, 2.75) is 0 Å². The summed E-state index contributed by atoms with van der Waals surface area (Å²) in [6.07, 6.45) is 6.72. The second-order valence-electron chi connectivity index (χ2n) is 4.20. The van der Waals surface area contributed by atoms with Gasteiger partial charge in [-0.25, -0.2) is 0 Å². The summed E-state index contributed by atoms with van der Waals surface area (Å²) in [5, 5.41) is 21.2. The number of ether oxygens (including phenoxy) is 2. The Bertz CT molecular complexity index is 689. The summed E-state index contributed by atoms with van der Waals surface area (Å²) < 4.78 is 10.4. The van der Waals surface area contributed by atoms with Gasteiger partial charge in [0.05, 0.1) is 19.8 Å². The molecule has 1 aliphatic carbocycles. The molecule has 0 aromatic heterocycles. The molecule has 0 aliphatic heterocycles. The molecule has 1 aromatic rings. The molecule has 1 aliphatic rings. The maximum Gasteiger partial charge on any atom is 0.161 e. The average molecular weight is 282 g/mol. The number of rotatable bonds is 3. The van der Waals surface area contributed by atoms with E-state index in [1.54, 1.807) is 56.7 Å². The van der Waals surface area contributed by atoms with Crippen LogP contribution in [0.25, 0.3) is 5.57 Å². The zero-order valence-electron chi connectivity index (χ0n) is 11.7. The van der Waals surface area contributed by atoms with Crippen molar-refractivity contribution in [2.24, 2.45) is 5.16 Å². The maximum atomic E-state index is 9.42. The van der Waals surface area contributed by atoms with E-state index in [2.05, 4.69) is 11.2 Å². The van der Waals surface area contributed by atoms with Gasteiger partial charge in [0, 0.05) is 0 Å². The Kier molecular flexibility index (Phi) is 4.42. The van der Waals surface area contributed by atoms with Crippen LogP contribution in [0.5, 0.6) is 11.5 Å². The van der Waals surface area contributed by atoms with Crippen LogP contribution in [-0.2, 0) is 0 Å². The first-order chi connectivity index (χ1) is 10.2. The maximum absolute atomic E-state index is 9.42. The molecule has 0 saturated heterocycles. The minimum atomic E-state index is 0.434. The summed E-state index contributed by atoms with van der Waals surface area (Å²) in [7, 11) is 3.11. The topological polar surface area (TPSA) is 74.8 Å². The third kappa shape index (κ3) is 2.95. The first kappa shape index (κ1) is 14.4. The van der Waals surface area contributed by atoms with Crippen molar-refractivity contribution in [3.05, 3.63) is 53.6 Å². The molecule has 1 N–H and O–H groups in total. The first-order valence-corrected chi connectivity index (χ1v) is 6.18. The molecule has 0 unspecified atom stereocenters. The van der Waals surface area contributed by atoms with Crippen LogP contribution in [0.2, 0.25) is 0 Å². The van der Waals surface area contributed by atoms with Gasteiger partial charge in [-0.15, -0.1) is 0 Å². The molecular weight excluding hydrogens is 268 g/mol. The Balaban J connectivity index is 2.49. The van der Waals surface area contributed by atoms with Gasteiger partial charge >= 0.3 is 0 Å². The Morgan fingerprint density at radius 3 is 2.29 bits per heavy atom. The molecule has 5 heteroatoms. The van der Waals surface area contributed by atoms with Crippen molar-refractivity contribution in [3.8, 4) is 17.6 Å². The van der Waals surface area contributed by atoms with Crippen LogP contribution in [0.3, 0.4) is 0 Å². The van der Waals surface area contributed by atoms with Crippen molar-refractivity contribution in [3.63, 3.8) is 0 Å². The summed E-state index contributed by atoms with van der Waals surface area (Å²) in [4.78, 5) is 0. The predicted molar refractivity (Wildman–Crippen MR) is 79.6 cm³/mol. The van der Waals surface area contributed by atoms with Crippen molar-refractivity contribution in [1.82, 2.24) is 0 Å². The van der Waals surface area contributed by atoms with E-state index in [4.69, 9.17) is 14.7 Å². The highest BCUT2D eigenvalue weighted by molar-refractivity contribution is 6.06. The summed E-state index contributed by atoms with van der Waals surface area (Å²) in [6, 6.07) is 7.49. The van der Waals surface area contributed by atoms with Gasteiger partial charge in [0.15, 0.2) is 11.5 Å². The lowest BCUT2D eigenvalue weighted by atomic mass is 9.97. The molecule has 0 radical (unpaired) electrons. The number of methoxy groups -OCH3 is 2. The second kappa shape index (κ2) is 6.44. The summed E-state index contributed by atoms with van der Waals surface area (Å²) in [6.45, 7) is 0. The van der Waals surface area contributed by atoms with Gasteiger partial charge < -0.3 is 14.7 Å². The molecular formula is C16H14N2O3. The smallest absolute Gasteiger partial charge is 0.161 e. The van der Waals surface area contributed by atoms with E-state index in [1.807, 2.05) is 0 Å². The van der Waals surface area contributed by atoms with Crippen LogP contribution in [0.15, 0.2) is 53.2 Å². The lowest BCUT2D eigenvalue weighted by Crippen LogP contribution is -1.96. The van der Waals surface area contributed by atoms with Gasteiger partial charge in [-0.3, -0.25) is 0 Å². The largest absolute Gasteiger partial charge is 0.493 e. The van der Waals surface area contributed by atoms with Crippen molar-refractivity contribution < 1.29 is 14.7 Å². The molecule has 0 amide bonds. The fourth-order valence-electron chi connectivity index (χ4n) is 1.98. The van der Waals surface area contributed by atoms with Crippen LogP contribution in [0, 0.1) is 11.3 Å². The average Bonchev–Trinajstić information content (AvgIpc) is 2.56. The van der Waals surface area contributed by atoms with Gasteiger partial charge in [0.1, 0.15) is 11.8 Å². The minimum Gasteiger partial charge on any atom is -0.493 e. The third-order valence-electron chi connectivity index (χ3n) is 3.06. The van der Waals surface area contributed by atoms with E-state index in [0.717, 1.165) is 11.1 Å². The normalized spacial score (nSPS) is 12.8. The molecule has 5 nitrogen and oxygen atoms in total. The fourth-order valence-corrected chi connectivity index (χ4v) is 1.98. The van der Waals surface area contributed by atoms with E-state index in [9.17, 15) is 5.26 Å². The number of nitriles is 1. The summed E-state index contributed by atoms with van der Waals surface area (Å²) in [5.74, 6) is 1.16. The lowest BCUT2D eigenvalue weighted by molar-refractivity contribution is 0.320.